The van der Waals surface area contributed by atoms with Crippen molar-refractivity contribution in [2.75, 3.05) is 12.4 Å². The predicted molar refractivity (Wildman–Crippen MR) is 104 cm³/mol. The third-order valence-corrected chi connectivity index (χ3v) is 8.44. The van der Waals surface area contributed by atoms with Crippen LogP contribution in [-0.4, -0.2) is 27.7 Å². The highest BCUT2D eigenvalue weighted by molar-refractivity contribution is 8.56. The van der Waals surface area contributed by atoms with Crippen molar-refractivity contribution >= 4 is 18.0 Å². The molecule has 8 heteroatoms. The summed E-state index contributed by atoms with van der Waals surface area (Å²) in [5.41, 5.74) is 0.170. The summed E-state index contributed by atoms with van der Waals surface area (Å²) < 4.78 is 21.0. The van der Waals surface area contributed by atoms with Gasteiger partial charge < -0.3 is 4.52 Å². The van der Waals surface area contributed by atoms with Crippen molar-refractivity contribution in [2.24, 2.45) is 7.05 Å². The zero-order valence-corrected chi connectivity index (χ0v) is 17.1. The summed E-state index contributed by atoms with van der Waals surface area (Å²) in [5.74, 6) is 0.807. The average Bonchev–Trinajstić information content (AvgIpc) is 3.03. The fourth-order valence-electron chi connectivity index (χ4n) is 3.13. The highest BCUT2D eigenvalue weighted by Crippen LogP contribution is 2.58. The van der Waals surface area contributed by atoms with Gasteiger partial charge in [-0.15, -0.1) is 0 Å². The first-order chi connectivity index (χ1) is 11.8. The predicted octanol–water partition coefficient (Wildman–Crippen LogP) is 3.54. The Labute approximate surface area is 153 Å². The van der Waals surface area contributed by atoms with Crippen molar-refractivity contribution in [3.05, 3.63) is 32.6 Å². The zero-order chi connectivity index (χ0) is 18.4. The standard InChI is InChI=1S/C17H29N2O4PS/c1-14-13-16(20)18(2)17(21)19(14)11-7-4-8-12-25-24(3,22)23-15-9-5-6-10-15/h13,15H,4-12H2,1-3H3. The largest absolute Gasteiger partial charge is 0.330 e. The molecule has 1 aliphatic carbocycles. The maximum Gasteiger partial charge on any atom is 0.330 e. The van der Waals surface area contributed by atoms with E-state index < -0.39 is 6.57 Å². The molecule has 142 valence electrons. The Bertz CT molecular complexity index is 737. The van der Waals surface area contributed by atoms with E-state index in [0.717, 1.165) is 42.4 Å². The smallest absolute Gasteiger partial charge is 0.318 e. The van der Waals surface area contributed by atoms with Crippen LogP contribution in [0.1, 0.15) is 50.6 Å². The molecule has 0 spiro atoms. The van der Waals surface area contributed by atoms with E-state index in [1.807, 2.05) is 0 Å². The number of hydrogen-bond donors (Lipinski definition) is 0. The van der Waals surface area contributed by atoms with Crippen LogP contribution in [-0.2, 0) is 22.7 Å². The number of aromatic nitrogens is 2. The molecule has 1 aromatic rings. The molecule has 0 aromatic carbocycles. The third kappa shape index (κ3) is 6.15. The van der Waals surface area contributed by atoms with Gasteiger partial charge >= 0.3 is 5.69 Å². The van der Waals surface area contributed by atoms with E-state index >= 15 is 0 Å². The van der Waals surface area contributed by atoms with Gasteiger partial charge in [-0.3, -0.25) is 18.5 Å². The molecule has 25 heavy (non-hydrogen) atoms. The summed E-state index contributed by atoms with van der Waals surface area (Å²) in [4.78, 5) is 23.6. The maximum atomic E-state index is 12.4. The average molecular weight is 388 g/mol. The van der Waals surface area contributed by atoms with E-state index in [1.54, 1.807) is 18.2 Å². The second-order valence-corrected chi connectivity index (χ2v) is 12.0. The Morgan fingerprint density at radius 2 is 1.92 bits per heavy atom. The van der Waals surface area contributed by atoms with Gasteiger partial charge in [-0.1, -0.05) is 30.6 Å². The lowest BCUT2D eigenvalue weighted by molar-refractivity contribution is 0.222. The maximum absolute atomic E-state index is 12.4. The third-order valence-electron chi connectivity index (χ3n) is 4.60. The van der Waals surface area contributed by atoms with Crippen molar-refractivity contribution in [1.82, 2.24) is 9.13 Å². The Balaban J connectivity index is 1.70. The van der Waals surface area contributed by atoms with Gasteiger partial charge in [0.15, 0.2) is 0 Å². The molecule has 1 saturated carbocycles. The summed E-state index contributed by atoms with van der Waals surface area (Å²) in [6, 6.07) is 1.49. The lowest BCUT2D eigenvalue weighted by Crippen LogP contribution is -2.38. The van der Waals surface area contributed by atoms with Crippen LogP contribution in [0.4, 0.5) is 0 Å². The minimum atomic E-state index is -2.55. The Morgan fingerprint density at radius 1 is 1.24 bits per heavy atom. The fraction of sp³-hybridized carbons (Fsp3) is 0.765. The van der Waals surface area contributed by atoms with E-state index in [2.05, 4.69) is 0 Å². The van der Waals surface area contributed by atoms with Gasteiger partial charge in [0.1, 0.15) is 0 Å². The minimum Gasteiger partial charge on any atom is -0.318 e. The number of nitrogens with zero attached hydrogens (tertiary/aromatic N) is 2. The van der Waals surface area contributed by atoms with E-state index in [1.165, 1.54) is 37.3 Å². The van der Waals surface area contributed by atoms with Crippen LogP contribution >= 0.6 is 18.0 Å². The molecule has 6 nitrogen and oxygen atoms in total. The second kappa shape index (κ2) is 9.24. The van der Waals surface area contributed by atoms with Crippen molar-refractivity contribution in [2.45, 2.75) is 64.5 Å². The molecular weight excluding hydrogens is 359 g/mol. The van der Waals surface area contributed by atoms with Gasteiger partial charge in [-0.2, -0.15) is 0 Å². The van der Waals surface area contributed by atoms with Crippen molar-refractivity contribution < 1.29 is 9.09 Å². The van der Waals surface area contributed by atoms with E-state index in [4.69, 9.17) is 4.52 Å². The van der Waals surface area contributed by atoms with Crippen LogP contribution in [0.3, 0.4) is 0 Å². The molecule has 0 amide bonds. The topological polar surface area (TPSA) is 70.3 Å². The van der Waals surface area contributed by atoms with Gasteiger partial charge in [-0.05, 0) is 32.6 Å². The monoisotopic (exact) mass is 388 g/mol. The molecule has 1 fully saturated rings. The first kappa shape index (κ1) is 20.5. The Hall–Kier alpha value is -0.780. The molecule has 0 N–H and O–H groups in total. The Kier molecular flexibility index (Phi) is 7.59. The van der Waals surface area contributed by atoms with Crippen LogP contribution in [0, 0.1) is 6.92 Å². The molecule has 0 saturated heterocycles. The van der Waals surface area contributed by atoms with E-state index in [-0.39, 0.29) is 17.4 Å². The van der Waals surface area contributed by atoms with E-state index in [0.29, 0.717) is 12.2 Å². The SMILES string of the molecule is Cc1cc(=O)n(C)c(=O)n1CCCCCSP(C)(=O)OC1CCCC1. The quantitative estimate of drug-likeness (QED) is 0.478. The molecule has 2 rings (SSSR count). The van der Waals surface area contributed by atoms with Crippen molar-refractivity contribution in [1.29, 1.82) is 0 Å². The number of rotatable bonds is 9. The first-order valence-electron chi connectivity index (χ1n) is 8.98. The molecule has 1 unspecified atom stereocenters. The van der Waals surface area contributed by atoms with Crippen LogP contribution in [0.15, 0.2) is 15.7 Å². The molecule has 0 aliphatic heterocycles. The van der Waals surface area contributed by atoms with Gasteiger partial charge in [0.05, 0.1) is 6.10 Å². The molecule has 1 aromatic heterocycles. The first-order valence-corrected chi connectivity index (χ1v) is 12.6. The van der Waals surface area contributed by atoms with Crippen molar-refractivity contribution in [3.8, 4) is 0 Å². The second-order valence-electron chi connectivity index (χ2n) is 6.79. The molecular formula is C17H29N2O4PS. The minimum absolute atomic E-state index is 0.183. The van der Waals surface area contributed by atoms with Crippen LogP contribution in [0.25, 0.3) is 0 Å². The van der Waals surface area contributed by atoms with E-state index in [9.17, 15) is 14.2 Å². The van der Waals surface area contributed by atoms with Crippen LogP contribution in [0.5, 0.6) is 0 Å². The summed E-state index contributed by atoms with van der Waals surface area (Å²) in [7, 11) is 1.50. The molecule has 1 atom stereocenters. The summed E-state index contributed by atoms with van der Waals surface area (Å²) in [6.07, 6.45) is 7.36. The summed E-state index contributed by atoms with van der Waals surface area (Å²) in [6.45, 7) is 1.56. The Morgan fingerprint density at radius 3 is 2.60 bits per heavy atom. The van der Waals surface area contributed by atoms with Crippen LogP contribution in [0.2, 0.25) is 0 Å². The zero-order valence-electron chi connectivity index (χ0n) is 15.4. The normalized spacial score (nSPS) is 17.7. The summed E-state index contributed by atoms with van der Waals surface area (Å²) >= 11 is 1.44. The highest BCUT2D eigenvalue weighted by atomic mass is 32.7. The fourth-order valence-corrected chi connectivity index (χ4v) is 6.53. The van der Waals surface area contributed by atoms with Gasteiger partial charge in [0.2, 0.25) is 0 Å². The highest BCUT2D eigenvalue weighted by Gasteiger charge is 2.25. The number of unbranched alkanes of at least 4 members (excludes halogenated alkanes) is 2. The lowest BCUT2D eigenvalue weighted by Gasteiger charge is -2.18. The molecule has 1 heterocycles. The summed E-state index contributed by atoms with van der Waals surface area (Å²) in [5, 5.41) is 0. The molecule has 0 radical (unpaired) electrons. The van der Waals surface area contributed by atoms with Crippen molar-refractivity contribution in [3.63, 3.8) is 0 Å². The van der Waals surface area contributed by atoms with Gasteiger partial charge in [-0.25, -0.2) is 4.79 Å². The molecule has 1 aliphatic rings. The van der Waals surface area contributed by atoms with Gasteiger partial charge in [0.25, 0.3) is 12.1 Å². The number of aryl methyl sites for hydroxylation is 1. The number of hydrogen-bond acceptors (Lipinski definition) is 5. The van der Waals surface area contributed by atoms with Crippen LogP contribution < -0.4 is 11.2 Å². The lowest BCUT2D eigenvalue weighted by atomic mass is 10.2. The molecule has 0 bridgehead atoms. The van der Waals surface area contributed by atoms with Gasteiger partial charge in [0, 0.05) is 37.8 Å².